The Morgan fingerprint density at radius 2 is 1.57 bits per heavy atom. The summed E-state index contributed by atoms with van der Waals surface area (Å²) in [5.41, 5.74) is 0.238. The van der Waals surface area contributed by atoms with E-state index in [4.69, 9.17) is 5.84 Å². The molecule has 0 bridgehead atoms. The smallest absolute Gasteiger partial charge is 0.0143 e. The van der Waals surface area contributed by atoms with Crippen molar-refractivity contribution in [1.29, 1.82) is 0 Å². The molecule has 14 heavy (non-hydrogen) atoms. The second-order valence-corrected chi connectivity index (χ2v) is 4.70. The molecule has 0 aromatic heterocycles. The van der Waals surface area contributed by atoms with E-state index in [1.807, 2.05) is 18.9 Å². The van der Waals surface area contributed by atoms with Crippen LogP contribution in [0.15, 0.2) is 0 Å². The Kier molecular flexibility index (Phi) is 6.33. The molecule has 1 aliphatic rings. The molecule has 3 nitrogen and oxygen atoms in total. The molecule has 1 saturated heterocycles. The lowest BCUT2D eigenvalue weighted by atomic mass is 10.0. The summed E-state index contributed by atoms with van der Waals surface area (Å²) in [4.78, 5) is 0. The van der Waals surface area contributed by atoms with Crippen molar-refractivity contribution in [2.75, 3.05) is 13.1 Å². The first kappa shape index (κ1) is 13.9. The van der Waals surface area contributed by atoms with Crippen molar-refractivity contribution in [3.05, 3.63) is 0 Å². The Morgan fingerprint density at radius 1 is 1.14 bits per heavy atom. The highest BCUT2D eigenvalue weighted by Gasteiger charge is 2.21. The lowest BCUT2D eigenvalue weighted by molar-refractivity contribution is 0.184. The number of hydrogen-bond acceptors (Lipinski definition) is 3. The molecule has 3 N–H and O–H groups in total. The van der Waals surface area contributed by atoms with Crippen LogP contribution < -0.4 is 11.2 Å². The van der Waals surface area contributed by atoms with E-state index >= 15 is 0 Å². The van der Waals surface area contributed by atoms with Gasteiger partial charge in [-0.3, -0.25) is 5.84 Å². The summed E-state index contributed by atoms with van der Waals surface area (Å²) >= 11 is 0. The van der Waals surface area contributed by atoms with E-state index < -0.39 is 0 Å². The summed E-state index contributed by atoms with van der Waals surface area (Å²) in [5.74, 6) is 5.67. The number of hydrogen-bond donors (Lipinski definition) is 2. The summed E-state index contributed by atoms with van der Waals surface area (Å²) in [5, 5.41) is 5.50. The molecule has 0 amide bonds. The molecule has 1 rings (SSSR count). The van der Waals surface area contributed by atoms with Crippen LogP contribution in [0.25, 0.3) is 0 Å². The molecule has 1 fully saturated rings. The lowest BCUT2D eigenvalue weighted by Gasteiger charge is -2.34. The normalized spacial score (nSPS) is 20.1. The molecule has 0 unspecified atom stereocenters. The molecule has 3 heteroatoms. The van der Waals surface area contributed by atoms with E-state index in [1.54, 1.807) is 0 Å². The molecule has 0 aromatic rings. The molecule has 1 heterocycles. The summed E-state index contributed by atoms with van der Waals surface area (Å²) in [6.45, 7) is 12.7. The summed E-state index contributed by atoms with van der Waals surface area (Å²) in [6.07, 6.45) is 2.35. The number of piperidine rings is 1. The third kappa shape index (κ3) is 6.35. The van der Waals surface area contributed by atoms with Crippen LogP contribution in [0.4, 0.5) is 0 Å². The van der Waals surface area contributed by atoms with Crippen molar-refractivity contribution in [1.82, 2.24) is 10.3 Å². The molecule has 0 aromatic carbocycles. The van der Waals surface area contributed by atoms with Gasteiger partial charge >= 0.3 is 0 Å². The van der Waals surface area contributed by atoms with Gasteiger partial charge in [-0.25, -0.2) is 5.01 Å². The third-order valence-electron chi connectivity index (χ3n) is 2.17. The van der Waals surface area contributed by atoms with Gasteiger partial charge in [0.25, 0.3) is 0 Å². The minimum absolute atomic E-state index is 0.238. The summed E-state index contributed by atoms with van der Waals surface area (Å²) in [6, 6.07) is 0.657. The monoisotopic (exact) mass is 201 g/mol. The van der Waals surface area contributed by atoms with Crippen LogP contribution in [0.2, 0.25) is 0 Å². The zero-order valence-corrected chi connectivity index (χ0v) is 10.4. The predicted molar refractivity (Wildman–Crippen MR) is 63.0 cm³/mol. The van der Waals surface area contributed by atoms with E-state index in [1.165, 1.54) is 12.8 Å². The van der Waals surface area contributed by atoms with Crippen LogP contribution in [0.1, 0.15) is 47.5 Å². The average Bonchev–Trinajstić information content (AvgIpc) is 2.10. The van der Waals surface area contributed by atoms with Gasteiger partial charge in [0.1, 0.15) is 0 Å². The van der Waals surface area contributed by atoms with Crippen LogP contribution in [-0.2, 0) is 0 Å². The SMILES string of the molecule is CC.CC(C)(C)NC1CCN(N)CC1. The second-order valence-electron chi connectivity index (χ2n) is 4.70. The molecule has 0 atom stereocenters. The number of hydrazine groups is 1. The van der Waals surface area contributed by atoms with Crippen molar-refractivity contribution in [2.45, 2.75) is 59.0 Å². The van der Waals surface area contributed by atoms with E-state index in [0.717, 1.165) is 13.1 Å². The minimum atomic E-state index is 0.238. The maximum atomic E-state index is 5.67. The molecule has 0 aliphatic carbocycles. The van der Waals surface area contributed by atoms with Gasteiger partial charge in [-0.15, -0.1) is 0 Å². The minimum Gasteiger partial charge on any atom is -0.309 e. The van der Waals surface area contributed by atoms with Crippen LogP contribution in [0, 0.1) is 0 Å². The fraction of sp³-hybridized carbons (Fsp3) is 1.00. The Morgan fingerprint density at radius 3 is 1.93 bits per heavy atom. The highest BCUT2D eigenvalue weighted by molar-refractivity contribution is 4.81. The first-order valence-corrected chi connectivity index (χ1v) is 5.75. The van der Waals surface area contributed by atoms with Gasteiger partial charge < -0.3 is 5.32 Å². The first-order chi connectivity index (χ1) is 6.47. The third-order valence-corrected chi connectivity index (χ3v) is 2.17. The standard InChI is InChI=1S/C9H21N3.C2H6/c1-9(2,3)11-8-4-6-12(10)7-5-8;1-2/h8,11H,4-7,10H2,1-3H3;1-2H3. The zero-order chi connectivity index (χ0) is 11.2. The van der Waals surface area contributed by atoms with Crippen LogP contribution in [0.5, 0.6) is 0 Å². The van der Waals surface area contributed by atoms with Crippen molar-refractivity contribution >= 4 is 0 Å². The predicted octanol–water partition coefficient (Wildman–Crippen LogP) is 1.74. The van der Waals surface area contributed by atoms with Crippen molar-refractivity contribution in [2.24, 2.45) is 5.84 Å². The van der Waals surface area contributed by atoms with Gasteiger partial charge in [0.05, 0.1) is 0 Å². The van der Waals surface area contributed by atoms with Crippen LogP contribution >= 0.6 is 0 Å². The highest BCUT2D eigenvalue weighted by Crippen LogP contribution is 2.11. The van der Waals surface area contributed by atoms with Gasteiger partial charge in [0, 0.05) is 24.7 Å². The van der Waals surface area contributed by atoms with Crippen LogP contribution in [-0.4, -0.2) is 29.7 Å². The van der Waals surface area contributed by atoms with Crippen molar-refractivity contribution in [3.63, 3.8) is 0 Å². The molecular formula is C11H27N3. The fourth-order valence-corrected chi connectivity index (χ4v) is 1.66. The van der Waals surface area contributed by atoms with Gasteiger partial charge in [0.15, 0.2) is 0 Å². The molecule has 1 aliphatic heterocycles. The lowest BCUT2D eigenvalue weighted by Crippen LogP contribution is -2.50. The van der Waals surface area contributed by atoms with E-state index in [-0.39, 0.29) is 5.54 Å². The average molecular weight is 201 g/mol. The van der Waals surface area contributed by atoms with Crippen molar-refractivity contribution < 1.29 is 0 Å². The highest BCUT2D eigenvalue weighted by atomic mass is 15.4. The Labute approximate surface area is 89.0 Å². The zero-order valence-electron chi connectivity index (χ0n) is 10.4. The van der Waals surface area contributed by atoms with Gasteiger partial charge in [-0.2, -0.15) is 0 Å². The van der Waals surface area contributed by atoms with Crippen LogP contribution in [0.3, 0.4) is 0 Å². The molecule has 0 saturated carbocycles. The van der Waals surface area contributed by atoms with Gasteiger partial charge in [-0.05, 0) is 33.6 Å². The quantitative estimate of drug-likeness (QED) is 0.635. The fourth-order valence-electron chi connectivity index (χ4n) is 1.66. The van der Waals surface area contributed by atoms with Crippen molar-refractivity contribution in [3.8, 4) is 0 Å². The van der Waals surface area contributed by atoms with Gasteiger partial charge in [0.2, 0.25) is 0 Å². The van der Waals surface area contributed by atoms with E-state index in [9.17, 15) is 0 Å². The molecule has 0 spiro atoms. The number of rotatable bonds is 1. The second kappa shape index (κ2) is 6.38. The molecular weight excluding hydrogens is 174 g/mol. The molecule has 0 radical (unpaired) electrons. The summed E-state index contributed by atoms with van der Waals surface area (Å²) in [7, 11) is 0. The number of nitrogens with one attached hydrogen (secondary N) is 1. The van der Waals surface area contributed by atoms with E-state index in [2.05, 4.69) is 26.1 Å². The first-order valence-electron chi connectivity index (χ1n) is 5.75. The maximum absolute atomic E-state index is 5.67. The topological polar surface area (TPSA) is 41.3 Å². The Hall–Kier alpha value is -0.120. The number of nitrogens with zero attached hydrogens (tertiary/aromatic N) is 1. The Bertz CT molecular complexity index is 132. The Balaban J connectivity index is 0.000000791. The summed E-state index contributed by atoms with van der Waals surface area (Å²) < 4.78 is 0. The largest absolute Gasteiger partial charge is 0.309 e. The maximum Gasteiger partial charge on any atom is 0.0143 e. The number of nitrogens with two attached hydrogens (primary N) is 1. The molecule has 86 valence electrons. The van der Waals surface area contributed by atoms with E-state index in [0.29, 0.717) is 6.04 Å². The van der Waals surface area contributed by atoms with Gasteiger partial charge in [-0.1, -0.05) is 13.8 Å².